The van der Waals surface area contributed by atoms with Crippen LogP contribution in [0, 0.1) is 5.92 Å². The molecule has 0 amide bonds. The summed E-state index contributed by atoms with van der Waals surface area (Å²) in [5.41, 5.74) is 0.813. The van der Waals surface area contributed by atoms with Crippen LogP contribution in [0.3, 0.4) is 0 Å². The van der Waals surface area contributed by atoms with Gasteiger partial charge in [0.2, 0.25) is 0 Å². The van der Waals surface area contributed by atoms with Gasteiger partial charge >= 0.3 is 0 Å². The van der Waals surface area contributed by atoms with Crippen molar-refractivity contribution >= 4 is 17.2 Å². The van der Waals surface area contributed by atoms with Crippen LogP contribution < -0.4 is 0 Å². The van der Waals surface area contributed by atoms with Gasteiger partial charge in [-0.1, -0.05) is 25.4 Å². The van der Waals surface area contributed by atoms with Gasteiger partial charge in [-0.2, -0.15) is 0 Å². The van der Waals surface area contributed by atoms with Crippen LogP contribution in [0.2, 0.25) is 5.02 Å². The van der Waals surface area contributed by atoms with E-state index in [9.17, 15) is 0 Å². The van der Waals surface area contributed by atoms with Crippen LogP contribution in [0.1, 0.15) is 19.7 Å². The second-order valence-corrected chi connectivity index (χ2v) is 4.22. The summed E-state index contributed by atoms with van der Waals surface area (Å²) >= 11 is 5.85. The zero-order valence-corrected chi connectivity index (χ0v) is 8.99. The van der Waals surface area contributed by atoms with Gasteiger partial charge in [-0.05, 0) is 12.0 Å². The van der Waals surface area contributed by atoms with E-state index in [0.717, 1.165) is 17.9 Å². The fourth-order valence-electron chi connectivity index (χ4n) is 1.42. The number of aromatic nitrogens is 3. The van der Waals surface area contributed by atoms with E-state index in [1.165, 1.54) is 0 Å². The molecule has 0 saturated carbocycles. The largest absolute Gasteiger partial charge is 0.286 e. The van der Waals surface area contributed by atoms with Gasteiger partial charge in [0.15, 0.2) is 5.65 Å². The Labute approximate surface area is 87.7 Å². The lowest BCUT2D eigenvalue weighted by Crippen LogP contribution is -1.99. The van der Waals surface area contributed by atoms with Gasteiger partial charge < -0.3 is 0 Å². The maximum absolute atomic E-state index is 5.85. The first kappa shape index (κ1) is 9.46. The molecule has 0 aliphatic heterocycles. The van der Waals surface area contributed by atoms with E-state index in [4.69, 9.17) is 11.6 Å². The van der Waals surface area contributed by atoms with Crippen molar-refractivity contribution in [1.82, 2.24) is 14.6 Å². The van der Waals surface area contributed by atoms with Crippen molar-refractivity contribution in [1.29, 1.82) is 0 Å². The molecule has 14 heavy (non-hydrogen) atoms. The zero-order valence-electron chi connectivity index (χ0n) is 8.24. The van der Waals surface area contributed by atoms with Crippen molar-refractivity contribution in [2.24, 2.45) is 5.92 Å². The van der Waals surface area contributed by atoms with Crippen LogP contribution in [0.5, 0.6) is 0 Å². The lowest BCUT2D eigenvalue weighted by molar-refractivity contribution is 0.616. The summed E-state index contributed by atoms with van der Waals surface area (Å²) in [6.07, 6.45) is 2.85. The van der Waals surface area contributed by atoms with E-state index in [-0.39, 0.29) is 0 Å². The summed E-state index contributed by atoms with van der Waals surface area (Å²) < 4.78 is 1.98. The molecule has 0 N–H and O–H groups in total. The molecule has 2 aromatic rings. The van der Waals surface area contributed by atoms with E-state index in [1.54, 1.807) is 0 Å². The molecule has 74 valence electrons. The third-order valence-electron chi connectivity index (χ3n) is 2.03. The quantitative estimate of drug-likeness (QED) is 0.761. The topological polar surface area (TPSA) is 30.2 Å². The average molecular weight is 210 g/mol. The lowest BCUT2D eigenvalue weighted by atomic mass is 10.1. The Morgan fingerprint density at radius 2 is 2.21 bits per heavy atom. The molecule has 0 aliphatic carbocycles. The van der Waals surface area contributed by atoms with Gasteiger partial charge in [-0.25, -0.2) is 0 Å². The smallest absolute Gasteiger partial charge is 0.162 e. The van der Waals surface area contributed by atoms with E-state index in [0.29, 0.717) is 10.9 Å². The first-order valence-electron chi connectivity index (χ1n) is 4.66. The van der Waals surface area contributed by atoms with E-state index >= 15 is 0 Å². The highest BCUT2D eigenvalue weighted by Crippen LogP contribution is 2.13. The second-order valence-electron chi connectivity index (χ2n) is 3.79. The van der Waals surface area contributed by atoms with Crippen LogP contribution in [0.25, 0.3) is 5.65 Å². The molecule has 0 saturated heterocycles. The van der Waals surface area contributed by atoms with Crippen molar-refractivity contribution in [3.63, 3.8) is 0 Å². The molecular weight excluding hydrogens is 198 g/mol. The molecule has 0 aromatic carbocycles. The highest BCUT2D eigenvalue weighted by atomic mass is 35.5. The van der Waals surface area contributed by atoms with E-state index < -0.39 is 0 Å². The third-order valence-corrected chi connectivity index (χ3v) is 2.27. The first-order valence-corrected chi connectivity index (χ1v) is 5.04. The maximum atomic E-state index is 5.85. The van der Waals surface area contributed by atoms with E-state index in [2.05, 4.69) is 24.0 Å². The van der Waals surface area contributed by atoms with Gasteiger partial charge in [0.25, 0.3) is 0 Å². The van der Waals surface area contributed by atoms with E-state index in [1.807, 2.05) is 22.7 Å². The Bertz CT molecular complexity index is 448. The summed E-state index contributed by atoms with van der Waals surface area (Å²) in [7, 11) is 0. The minimum atomic E-state index is 0.582. The van der Waals surface area contributed by atoms with Crippen molar-refractivity contribution in [3.8, 4) is 0 Å². The second kappa shape index (κ2) is 3.58. The predicted octanol–water partition coefficient (Wildman–Crippen LogP) is 2.58. The first-order chi connectivity index (χ1) is 6.66. The number of hydrogen-bond acceptors (Lipinski definition) is 2. The average Bonchev–Trinajstić information content (AvgIpc) is 2.47. The molecule has 2 heterocycles. The number of rotatable bonds is 2. The minimum Gasteiger partial charge on any atom is -0.286 e. The Balaban J connectivity index is 2.47. The number of hydrogen-bond donors (Lipinski definition) is 0. The highest BCUT2D eigenvalue weighted by molar-refractivity contribution is 6.30. The van der Waals surface area contributed by atoms with Gasteiger partial charge in [0, 0.05) is 23.7 Å². The van der Waals surface area contributed by atoms with Crippen LogP contribution in [-0.4, -0.2) is 14.6 Å². The third kappa shape index (κ3) is 1.73. The fourth-order valence-corrected chi connectivity index (χ4v) is 1.57. The molecule has 0 bridgehead atoms. The molecule has 0 spiro atoms. The van der Waals surface area contributed by atoms with Crippen molar-refractivity contribution < 1.29 is 0 Å². The van der Waals surface area contributed by atoms with Crippen LogP contribution >= 0.6 is 11.6 Å². The van der Waals surface area contributed by atoms with Crippen LogP contribution in [-0.2, 0) is 6.42 Å². The molecule has 0 radical (unpaired) electrons. The fraction of sp³-hybridized carbons (Fsp3) is 0.400. The lowest BCUT2D eigenvalue weighted by Gasteiger charge is -2.02. The van der Waals surface area contributed by atoms with Crippen molar-refractivity contribution in [2.75, 3.05) is 0 Å². The summed E-state index contributed by atoms with van der Waals surface area (Å²) in [5, 5.41) is 8.89. The van der Waals surface area contributed by atoms with Crippen LogP contribution in [0.4, 0.5) is 0 Å². The summed E-state index contributed by atoms with van der Waals surface area (Å²) in [4.78, 5) is 0. The number of halogens is 1. The highest BCUT2D eigenvalue weighted by Gasteiger charge is 2.06. The number of fused-ring (bicyclic) bond motifs is 1. The molecular formula is C10H12ClN3. The van der Waals surface area contributed by atoms with Crippen molar-refractivity contribution in [2.45, 2.75) is 20.3 Å². The Hall–Kier alpha value is -1.09. The van der Waals surface area contributed by atoms with Gasteiger partial charge in [0.05, 0.1) is 0 Å². The summed E-state index contributed by atoms with van der Waals surface area (Å²) in [5.74, 6) is 1.57. The molecule has 3 nitrogen and oxygen atoms in total. The summed E-state index contributed by atoms with van der Waals surface area (Å²) in [6, 6.07) is 3.67. The van der Waals surface area contributed by atoms with Gasteiger partial charge in [-0.15, -0.1) is 10.2 Å². The number of nitrogens with zero attached hydrogens (tertiary/aromatic N) is 3. The molecule has 4 heteroatoms. The van der Waals surface area contributed by atoms with Gasteiger partial charge in [0.1, 0.15) is 5.82 Å². The zero-order chi connectivity index (χ0) is 10.1. The number of pyridine rings is 1. The molecule has 0 unspecified atom stereocenters. The monoisotopic (exact) mass is 209 g/mol. The van der Waals surface area contributed by atoms with Crippen LogP contribution in [0.15, 0.2) is 18.3 Å². The molecule has 2 rings (SSSR count). The van der Waals surface area contributed by atoms with Crippen molar-refractivity contribution in [3.05, 3.63) is 29.2 Å². The minimum absolute atomic E-state index is 0.582. The predicted molar refractivity (Wildman–Crippen MR) is 56.5 cm³/mol. The molecule has 0 atom stereocenters. The summed E-state index contributed by atoms with van der Waals surface area (Å²) in [6.45, 7) is 4.33. The standard InChI is InChI=1S/C10H12ClN3/c1-7(2)5-9-12-13-10-6-8(11)3-4-14(9)10/h3-4,6-7H,5H2,1-2H3. The normalized spacial score (nSPS) is 11.4. The molecule has 2 aromatic heterocycles. The Kier molecular flexibility index (Phi) is 2.42. The molecule has 0 aliphatic rings. The Morgan fingerprint density at radius 1 is 1.43 bits per heavy atom. The Morgan fingerprint density at radius 3 is 2.93 bits per heavy atom. The SMILES string of the molecule is CC(C)Cc1nnc2cc(Cl)ccn12. The maximum Gasteiger partial charge on any atom is 0.162 e. The van der Waals surface area contributed by atoms with Gasteiger partial charge in [-0.3, -0.25) is 4.40 Å². The molecule has 0 fully saturated rings.